The molecule has 0 aliphatic rings. The summed E-state index contributed by atoms with van der Waals surface area (Å²) in [5.74, 6) is -0.491. The fourth-order valence-corrected chi connectivity index (χ4v) is 3.19. The van der Waals surface area contributed by atoms with Crippen molar-refractivity contribution in [2.45, 2.75) is 12.7 Å². The van der Waals surface area contributed by atoms with Crippen molar-refractivity contribution < 1.29 is 18.0 Å². The Labute approximate surface area is 162 Å². The summed E-state index contributed by atoms with van der Waals surface area (Å²) in [6.07, 6.45) is -2.78. The predicted molar refractivity (Wildman–Crippen MR) is 100 cm³/mol. The molecule has 0 atom stereocenters. The Morgan fingerprint density at radius 3 is 2.48 bits per heavy atom. The molecule has 0 radical (unpaired) electrons. The molecule has 27 heavy (non-hydrogen) atoms. The van der Waals surface area contributed by atoms with Gasteiger partial charge in [-0.2, -0.15) is 13.2 Å². The molecule has 140 valence electrons. The number of carbonyl (C=O) groups is 1. The quantitative estimate of drug-likeness (QED) is 0.568. The average Bonchev–Trinajstić information content (AvgIpc) is 3.05. The summed E-state index contributed by atoms with van der Waals surface area (Å²) in [6.45, 7) is 0.542. The molecule has 0 spiro atoms. The maximum absolute atomic E-state index is 12.7. The van der Waals surface area contributed by atoms with Crippen LogP contribution in [0.4, 0.5) is 24.5 Å². The number of thiazole rings is 1. The molecule has 0 unspecified atom stereocenters. The Bertz CT molecular complexity index is 942. The number of benzene rings is 2. The zero-order chi connectivity index (χ0) is 19.4. The number of carbonyl (C=O) groups excluding carboxylic acids is 1. The standard InChI is InChI=1S/C18H13ClF3N3OS/c19-17-24-10-15(27-17)9-23-13-6-4-11(5-7-13)16(26)25-14-3-1-2-12(8-14)18(20,21)22/h1-8,10,23H,9H2,(H,25,26). The maximum Gasteiger partial charge on any atom is 0.416 e. The van der Waals surface area contributed by atoms with Crippen LogP contribution in [-0.2, 0) is 12.7 Å². The van der Waals surface area contributed by atoms with Gasteiger partial charge in [0, 0.05) is 28.0 Å². The van der Waals surface area contributed by atoms with E-state index in [1.807, 2.05) is 0 Å². The number of nitrogens with zero attached hydrogens (tertiary/aromatic N) is 1. The molecule has 9 heteroatoms. The zero-order valence-electron chi connectivity index (χ0n) is 13.7. The second-order valence-corrected chi connectivity index (χ2v) is 7.24. The molecule has 0 saturated heterocycles. The van der Waals surface area contributed by atoms with Gasteiger partial charge in [0.1, 0.15) is 0 Å². The first-order chi connectivity index (χ1) is 12.8. The molecule has 1 aromatic heterocycles. The molecule has 3 aromatic rings. The molecule has 0 aliphatic heterocycles. The van der Waals surface area contributed by atoms with Crippen LogP contribution < -0.4 is 10.6 Å². The molecule has 3 rings (SSSR count). The highest BCUT2D eigenvalue weighted by Gasteiger charge is 2.30. The number of nitrogens with one attached hydrogen (secondary N) is 2. The fraction of sp³-hybridized carbons (Fsp3) is 0.111. The second-order valence-electron chi connectivity index (χ2n) is 5.54. The monoisotopic (exact) mass is 411 g/mol. The van der Waals surface area contributed by atoms with Crippen LogP contribution in [0.5, 0.6) is 0 Å². The van der Waals surface area contributed by atoms with Crippen LogP contribution in [-0.4, -0.2) is 10.9 Å². The number of alkyl halides is 3. The van der Waals surface area contributed by atoms with Gasteiger partial charge in [-0.05, 0) is 42.5 Å². The smallest absolute Gasteiger partial charge is 0.380 e. The first kappa shape index (κ1) is 19.2. The predicted octanol–water partition coefficient (Wildman–Crippen LogP) is 5.68. The van der Waals surface area contributed by atoms with Crippen molar-refractivity contribution in [1.82, 2.24) is 4.98 Å². The van der Waals surface area contributed by atoms with Crippen LogP contribution in [0.25, 0.3) is 0 Å². The van der Waals surface area contributed by atoms with E-state index in [2.05, 4.69) is 15.6 Å². The Morgan fingerprint density at radius 1 is 1.11 bits per heavy atom. The van der Waals surface area contributed by atoms with Crippen molar-refractivity contribution in [3.05, 3.63) is 75.2 Å². The minimum Gasteiger partial charge on any atom is -0.380 e. The van der Waals surface area contributed by atoms with E-state index in [0.29, 0.717) is 16.6 Å². The highest BCUT2D eigenvalue weighted by atomic mass is 35.5. The minimum absolute atomic E-state index is 0.0825. The largest absolute Gasteiger partial charge is 0.416 e. The van der Waals surface area contributed by atoms with Gasteiger partial charge >= 0.3 is 6.18 Å². The molecule has 2 aromatic carbocycles. The summed E-state index contributed by atoms with van der Waals surface area (Å²) < 4.78 is 38.7. The molecule has 1 amide bonds. The molecule has 4 nitrogen and oxygen atoms in total. The lowest BCUT2D eigenvalue weighted by Gasteiger charge is -2.10. The number of hydrogen-bond donors (Lipinski definition) is 2. The van der Waals surface area contributed by atoms with Gasteiger partial charge in [0.15, 0.2) is 4.47 Å². The van der Waals surface area contributed by atoms with Crippen molar-refractivity contribution in [2.75, 3.05) is 10.6 Å². The second kappa shape index (κ2) is 7.98. The van der Waals surface area contributed by atoms with Crippen molar-refractivity contribution in [1.29, 1.82) is 0 Å². The highest BCUT2D eigenvalue weighted by Crippen LogP contribution is 2.30. The van der Waals surface area contributed by atoms with Crippen LogP contribution in [0, 0.1) is 0 Å². The Morgan fingerprint density at radius 2 is 1.85 bits per heavy atom. The molecule has 0 fully saturated rings. The van der Waals surface area contributed by atoms with E-state index in [0.717, 1.165) is 22.7 Å². The number of rotatable bonds is 5. The summed E-state index contributed by atoms with van der Waals surface area (Å²) in [5, 5.41) is 5.64. The van der Waals surface area contributed by atoms with E-state index in [1.165, 1.54) is 23.5 Å². The van der Waals surface area contributed by atoms with E-state index < -0.39 is 17.6 Å². The summed E-state index contributed by atoms with van der Waals surface area (Å²) >= 11 is 7.14. The van der Waals surface area contributed by atoms with Gasteiger partial charge in [-0.3, -0.25) is 4.79 Å². The van der Waals surface area contributed by atoms with E-state index in [1.54, 1.807) is 30.5 Å². The molecule has 0 saturated carbocycles. The summed E-state index contributed by atoms with van der Waals surface area (Å²) in [4.78, 5) is 17.1. The third-order valence-electron chi connectivity index (χ3n) is 3.59. The number of amides is 1. The third kappa shape index (κ3) is 5.21. The van der Waals surface area contributed by atoms with E-state index in [-0.39, 0.29) is 5.69 Å². The molecular weight excluding hydrogens is 399 g/mol. The fourth-order valence-electron chi connectivity index (χ4n) is 2.27. The summed E-state index contributed by atoms with van der Waals surface area (Å²) in [7, 11) is 0. The lowest BCUT2D eigenvalue weighted by atomic mass is 10.1. The Balaban J connectivity index is 1.62. The van der Waals surface area contributed by atoms with Crippen LogP contribution >= 0.6 is 22.9 Å². The topological polar surface area (TPSA) is 54.0 Å². The molecule has 0 aliphatic carbocycles. The minimum atomic E-state index is -4.46. The normalized spacial score (nSPS) is 11.3. The van der Waals surface area contributed by atoms with Crippen LogP contribution in [0.15, 0.2) is 54.7 Å². The Kier molecular flexibility index (Phi) is 5.67. The van der Waals surface area contributed by atoms with Crippen molar-refractivity contribution >= 4 is 40.2 Å². The van der Waals surface area contributed by atoms with Crippen molar-refractivity contribution in [2.24, 2.45) is 0 Å². The zero-order valence-corrected chi connectivity index (χ0v) is 15.3. The van der Waals surface area contributed by atoms with E-state index in [9.17, 15) is 18.0 Å². The third-order valence-corrected chi connectivity index (χ3v) is 4.70. The molecule has 0 bridgehead atoms. The average molecular weight is 412 g/mol. The van der Waals surface area contributed by atoms with Gasteiger partial charge < -0.3 is 10.6 Å². The first-order valence-corrected chi connectivity index (χ1v) is 8.93. The van der Waals surface area contributed by atoms with Crippen LogP contribution in [0.2, 0.25) is 4.47 Å². The van der Waals surface area contributed by atoms with Gasteiger partial charge in [-0.1, -0.05) is 17.7 Å². The number of halogens is 4. The molecule has 1 heterocycles. The highest BCUT2D eigenvalue weighted by molar-refractivity contribution is 7.15. The van der Waals surface area contributed by atoms with Crippen LogP contribution in [0.1, 0.15) is 20.8 Å². The summed E-state index contributed by atoms with van der Waals surface area (Å²) in [5.41, 5.74) is 0.385. The van der Waals surface area contributed by atoms with Gasteiger partial charge in [0.05, 0.1) is 12.1 Å². The lowest BCUT2D eigenvalue weighted by Crippen LogP contribution is -2.13. The maximum atomic E-state index is 12.7. The van der Waals surface area contributed by atoms with Crippen LogP contribution in [0.3, 0.4) is 0 Å². The van der Waals surface area contributed by atoms with Crippen molar-refractivity contribution in [3.63, 3.8) is 0 Å². The Hall–Kier alpha value is -2.58. The number of hydrogen-bond acceptors (Lipinski definition) is 4. The first-order valence-electron chi connectivity index (χ1n) is 7.74. The van der Waals surface area contributed by atoms with Gasteiger partial charge in [0.2, 0.25) is 0 Å². The number of aromatic nitrogens is 1. The van der Waals surface area contributed by atoms with Crippen molar-refractivity contribution in [3.8, 4) is 0 Å². The lowest BCUT2D eigenvalue weighted by molar-refractivity contribution is -0.137. The van der Waals surface area contributed by atoms with Gasteiger partial charge in [0.25, 0.3) is 5.91 Å². The summed E-state index contributed by atoms with van der Waals surface area (Å²) in [6, 6.07) is 11.1. The SMILES string of the molecule is O=C(Nc1cccc(C(F)(F)F)c1)c1ccc(NCc2cnc(Cl)s2)cc1. The molecule has 2 N–H and O–H groups in total. The molecular formula is C18H13ClF3N3OS. The van der Waals surface area contributed by atoms with Gasteiger partial charge in [-0.15, -0.1) is 11.3 Å². The van der Waals surface area contributed by atoms with E-state index >= 15 is 0 Å². The van der Waals surface area contributed by atoms with Gasteiger partial charge in [-0.25, -0.2) is 4.98 Å². The number of anilines is 2. The van der Waals surface area contributed by atoms with E-state index in [4.69, 9.17) is 11.6 Å².